The van der Waals surface area contributed by atoms with E-state index in [1.807, 2.05) is 13.8 Å². The lowest BCUT2D eigenvalue weighted by Gasteiger charge is -2.23. The van der Waals surface area contributed by atoms with Gasteiger partial charge in [-0.1, -0.05) is 12.1 Å². The SMILES string of the molecule is COC(C)(C)CNC(=O)c1cccc(/C=C/C(=O)O)c1. The molecular formula is C15H19NO4. The molecule has 20 heavy (non-hydrogen) atoms. The average molecular weight is 277 g/mol. The van der Waals surface area contributed by atoms with Gasteiger partial charge in [0.15, 0.2) is 0 Å². The van der Waals surface area contributed by atoms with Crippen LogP contribution in [0.15, 0.2) is 30.3 Å². The predicted octanol–water partition coefficient (Wildman–Crippen LogP) is 1.94. The lowest BCUT2D eigenvalue weighted by molar-refractivity contribution is -0.131. The van der Waals surface area contributed by atoms with Crippen LogP contribution in [0, 0.1) is 0 Å². The number of methoxy groups -OCH3 is 1. The van der Waals surface area contributed by atoms with Gasteiger partial charge in [0, 0.05) is 25.3 Å². The number of carboxylic acids is 1. The van der Waals surface area contributed by atoms with Crippen molar-refractivity contribution in [1.29, 1.82) is 0 Å². The van der Waals surface area contributed by atoms with Crippen LogP contribution in [0.4, 0.5) is 0 Å². The third-order valence-corrected chi connectivity index (χ3v) is 2.79. The van der Waals surface area contributed by atoms with E-state index in [9.17, 15) is 9.59 Å². The summed E-state index contributed by atoms with van der Waals surface area (Å²) in [6.45, 7) is 4.14. The molecule has 0 aliphatic carbocycles. The van der Waals surface area contributed by atoms with Crippen LogP contribution in [0.5, 0.6) is 0 Å². The van der Waals surface area contributed by atoms with Crippen LogP contribution in [0.2, 0.25) is 0 Å². The Bertz CT molecular complexity index is 520. The molecule has 0 saturated heterocycles. The Morgan fingerprint density at radius 3 is 2.70 bits per heavy atom. The summed E-state index contributed by atoms with van der Waals surface area (Å²) in [4.78, 5) is 22.4. The van der Waals surface area contributed by atoms with Crippen LogP contribution in [-0.4, -0.2) is 36.2 Å². The number of carbonyl (C=O) groups is 2. The Kier molecular flexibility index (Phi) is 5.46. The number of aliphatic carboxylic acids is 1. The molecule has 0 spiro atoms. The zero-order valence-corrected chi connectivity index (χ0v) is 11.8. The zero-order valence-electron chi connectivity index (χ0n) is 11.8. The highest BCUT2D eigenvalue weighted by Crippen LogP contribution is 2.09. The van der Waals surface area contributed by atoms with E-state index in [2.05, 4.69) is 5.32 Å². The fourth-order valence-electron chi connectivity index (χ4n) is 1.42. The monoisotopic (exact) mass is 277 g/mol. The standard InChI is InChI=1S/C15H19NO4/c1-15(2,20-3)10-16-14(19)12-6-4-5-11(9-12)7-8-13(17)18/h4-9H,10H2,1-3H3,(H,16,19)(H,17,18)/b8-7+. The summed E-state index contributed by atoms with van der Waals surface area (Å²) in [5, 5.41) is 11.4. The molecule has 1 amide bonds. The Balaban J connectivity index is 2.74. The Morgan fingerprint density at radius 1 is 1.40 bits per heavy atom. The van der Waals surface area contributed by atoms with E-state index < -0.39 is 11.6 Å². The van der Waals surface area contributed by atoms with Crippen LogP contribution in [0.3, 0.4) is 0 Å². The molecule has 0 fully saturated rings. The minimum atomic E-state index is -1.03. The molecule has 0 saturated carbocycles. The number of hydrogen-bond donors (Lipinski definition) is 2. The number of amides is 1. The van der Waals surface area contributed by atoms with E-state index in [-0.39, 0.29) is 5.91 Å². The third-order valence-electron chi connectivity index (χ3n) is 2.79. The first kappa shape index (κ1) is 15.9. The maximum Gasteiger partial charge on any atom is 0.328 e. The second kappa shape index (κ2) is 6.86. The number of carbonyl (C=O) groups excluding carboxylic acids is 1. The molecule has 1 rings (SSSR count). The first-order valence-electron chi connectivity index (χ1n) is 6.18. The van der Waals surface area contributed by atoms with Gasteiger partial charge in [0.05, 0.1) is 5.60 Å². The van der Waals surface area contributed by atoms with Gasteiger partial charge in [0.2, 0.25) is 0 Å². The van der Waals surface area contributed by atoms with Crippen molar-refractivity contribution in [2.45, 2.75) is 19.4 Å². The molecule has 1 aromatic rings. The molecule has 0 unspecified atom stereocenters. The highest BCUT2D eigenvalue weighted by molar-refractivity contribution is 5.95. The van der Waals surface area contributed by atoms with Crippen molar-refractivity contribution in [1.82, 2.24) is 5.32 Å². The Hall–Kier alpha value is -2.14. The maximum atomic E-state index is 12.0. The number of carboxylic acid groups (broad SMARTS) is 1. The van der Waals surface area contributed by atoms with Crippen LogP contribution < -0.4 is 5.32 Å². The first-order chi connectivity index (χ1) is 9.34. The number of hydrogen-bond acceptors (Lipinski definition) is 3. The number of nitrogens with one attached hydrogen (secondary N) is 1. The number of benzene rings is 1. The topological polar surface area (TPSA) is 75.6 Å². The minimum Gasteiger partial charge on any atom is -0.478 e. The first-order valence-corrected chi connectivity index (χ1v) is 6.18. The summed E-state index contributed by atoms with van der Waals surface area (Å²) in [6.07, 6.45) is 2.48. The van der Waals surface area contributed by atoms with E-state index in [0.29, 0.717) is 17.7 Å². The molecule has 5 heteroatoms. The van der Waals surface area contributed by atoms with E-state index in [1.54, 1.807) is 31.4 Å². The van der Waals surface area contributed by atoms with Crippen molar-refractivity contribution in [3.63, 3.8) is 0 Å². The second-order valence-electron chi connectivity index (χ2n) is 4.94. The van der Waals surface area contributed by atoms with Crippen molar-refractivity contribution in [3.05, 3.63) is 41.5 Å². The van der Waals surface area contributed by atoms with Gasteiger partial charge in [-0.05, 0) is 37.6 Å². The van der Waals surface area contributed by atoms with Crippen molar-refractivity contribution in [2.75, 3.05) is 13.7 Å². The Labute approximate surface area is 118 Å². The van der Waals surface area contributed by atoms with Gasteiger partial charge in [-0.25, -0.2) is 4.79 Å². The lowest BCUT2D eigenvalue weighted by atomic mass is 10.1. The molecule has 0 aromatic heterocycles. The molecule has 0 atom stereocenters. The highest BCUT2D eigenvalue weighted by atomic mass is 16.5. The molecule has 0 aliphatic heterocycles. The van der Waals surface area contributed by atoms with Crippen molar-refractivity contribution < 1.29 is 19.4 Å². The van der Waals surface area contributed by atoms with E-state index >= 15 is 0 Å². The van der Waals surface area contributed by atoms with E-state index in [4.69, 9.17) is 9.84 Å². The smallest absolute Gasteiger partial charge is 0.328 e. The minimum absolute atomic E-state index is 0.222. The molecule has 1 aromatic carbocycles. The predicted molar refractivity (Wildman–Crippen MR) is 76.5 cm³/mol. The zero-order chi connectivity index (χ0) is 15.2. The summed E-state index contributed by atoms with van der Waals surface area (Å²) in [5.41, 5.74) is 0.701. The van der Waals surface area contributed by atoms with Gasteiger partial charge >= 0.3 is 5.97 Å². The van der Waals surface area contributed by atoms with Gasteiger partial charge in [-0.15, -0.1) is 0 Å². The van der Waals surface area contributed by atoms with Crippen molar-refractivity contribution in [3.8, 4) is 0 Å². The average Bonchev–Trinajstić information content (AvgIpc) is 2.43. The summed E-state index contributed by atoms with van der Waals surface area (Å²) in [6, 6.07) is 6.75. The summed E-state index contributed by atoms with van der Waals surface area (Å²) in [5.74, 6) is -1.25. The summed E-state index contributed by atoms with van der Waals surface area (Å²) < 4.78 is 5.22. The van der Waals surface area contributed by atoms with Gasteiger partial charge in [-0.3, -0.25) is 4.79 Å². The van der Waals surface area contributed by atoms with Gasteiger partial charge in [0.1, 0.15) is 0 Å². The molecule has 5 nitrogen and oxygen atoms in total. The fraction of sp³-hybridized carbons (Fsp3) is 0.333. The van der Waals surface area contributed by atoms with Crippen LogP contribution in [0.1, 0.15) is 29.8 Å². The van der Waals surface area contributed by atoms with E-state index in [0.717, 1.165) is 6.08 Å². The fourth-order valence-corrected chi connectivity index (χ4v) is 1.42. The second-order valence-corrected chi connectivity index (χ2v) is 4.94. The van der Waals surface area contributed by atoms with Crippen LogP contribution in [-0.2, 0) is 9.53 Å². The quantitative estimate of drug-likeness (QED) is 0.779. The lowest BCUT2D eigenvalue weighted by Crippen LogP contribution is -2.39. The summed E-state index contributed by atoms with van der Waals surface area (Å²) >= 11 is 0. The molecular weight excluding hydrogens is 258 g/mol. The van der Waals surface area contributed by atoms with Crippen LogP contribution in [0.25, 0.3) is 6.08 Å². The van der Waals surface area contributed by atoms with E-state index in [1.165, 1.54) is 6.08 Å². The number of rotatable bonds is 6. The largest absolute Gasteiger partial charge is 0.478 e. The molecule has 0 aliphatic rings. The molecule has 0 bridgehead atoms. The number of ether oxygens (including phenoxy) is 1. The summed E-state index contributed by atoms with van der Waals surface area (Å²) in [7, 11) is 1.59. The third kappa shape index (κ3) is 5.24. The van der Waals surface area contributed by atoms with Gasteiger partial charge in [-0.2, -0.15) is 0 Å². The van der Waals surface area contributed by atoms with Gasteiger partial charge < -0.3 is 15.2 Å². The van der Waals surface area contributed by atoms with Crippen molar-refractivity contribution in [2.24, 2.45) is 0 Å². The highest BCUT2D eigenvalue weighted by Gasteiger charge is 2.17. The van der Waals surface area contributed by atoms with Gasteiger partial charge in [0.25, 0.3) is 5.91 Å². The molecule has 0 radical (unpaired) electrons. The van der Waals surface area contributed by atoms with Crippen molar-refractivity contribution >= 4 is 18.0 Å². The molecule has 108 valence electrons. The normalized spacial score (nSPS) is 11.6. The van der Waals surface area contributed by atoms with Crippen LogP contribution >= 0.6 is 0 Å². The maximum absolute atomic E-state index is 12.0. The Morgan fingerprint density at radius 2 is 2.10 bits per heavy atom. The molecule has 0 heterocycles. The molecule has 2 N–H and O–H groups in total.